The van der Waals surface area contributed by atoms with Crippen molar-refractivity contribution in [1.29, 1.82) is 0 Å². The van der Waals surface area contributed by atoms with Crippen molar-refractivity contribution in [2.24, 2.45) is 5.73 Å². The smallest absolute Gasteiger partial charge is 0.132 e. The topological polar surface area (TPSA) is 44.5 Å². The number of hydrogen-bond acceptors (Lipinski definition) is 3. The molecule has 0 saturated heterocycles. The molecule has 0 atom stereocenters. The van der Waals surface area contributed by atoms with Gasteiger partial charge in [-0.15, -0.1) is 0 Å². The molecule has 112 valence electrons. The van der Waals surface area contributed by atoms with Crippen LogP contribution in [0, 0.1) is 0 Å². The molecule has 2 aromatic rings. The van der Waals surface area contributed by atoms with Gasteiger partial charge in [0, 0.05) is 10.6 Å². The van der Waals surface area contributed by atoms with Gasteiger partial charge in [0.1, 0.15) is 17.2 Å². The van der Waals surface area contributed by atoms with Crippen molar-refractivity contribution in [2.45, 2.75) is 19.8 Å². The van der Waals surface area contributed by atoms with Gasteiger partial charge in [-0.1, -0.05) is 24.6 Å². The van der Waals surface area contributed by atoms with Crippen LogP contribution in [0.4, 0.5) is 0 Å². The summed E-state index contributed by atoms with van der Waals surface area (Å²) in [5.74, 6) is 2.34. The number of hydrogen-bond donors (Lipinski definition) is 1. The van der Waals surface area contributed by atoms with E-state index >= 15 is 0 Å². The van der Waals surface area contributed by atoms with E-state index in [2.05, 4.69) is 6.92 Å². The van der Waals surface area contributed by atoms with Crippen molar-refractivity contribution >= 4 is 11.6 Å². The lowest BCUT2D eigenvalue weighted by molar-refractivity contribution is 0.317. The van der Waals surface area contributed by atoms with Crippen LogP contribution < -0.4 is 15.2 Å². The molecule has 0 aliphatic carbocycles. The van der Waals surface area contributed by atoms with Gasteiger partial charge >= 0.3 is 0 Å². The highest BCUT2D eigenvalue weighted by molar-refractivity contribution is 6.31. The zero-order valence-electron chi connectivity index (χ0n) is 12.1. The van der Waals surface area contributed by atoms with Crippen molar-refractivity contribution in [3.8, 4) is 17.2 Å². The molecule has 0 heterocycles. The van der Waals surface area contributed by atoms with Gasteiger partial charge in [-0.3, -0.25) is 0 Å². The maximum absolute atomic E-state index is 6.20. The van der Waals surface area contributed by atoms with Gasteiger partial charge in [0.25, 0.3) is 0 Å². The normalized spacial score (nSPS) is 10.4. The van der Waals surface area contributed by atoms with E-state index in [4.69, 9.17) is 26.8 Å². The summed E-state index contributed by atoms with van der Waals surface area (Å²) in [6.07, 6.45) is 1.68. The van der Waals surface area contributed by atoms with Gasteiger partial charge in [-0.2, -0.15) is 0 Å². The largest absolute Gasteiger partial charge is 0.494 e. The second-order valence-corrected chi connectivity index (χ2v) is 5.08. The van der Waals surface area contributed by atoms with Gasteiger partial charge in [0.15, 0.2) is 0 Å². The summed E-state index contributed by atoms with van der Waals surface area (Å²) >= 11 is 6.20. The summed E-state index contributed by atoms with van der Waals surface area (Å²) in [5.41, 5.74) is 6.57. The zero-order chi connectivity index (χ0) is 15.1. The molecule has 0 bridgehead atoms. The minimum atomic E-state index is 0.532. The Morgan fingerprint density at radius 2 is 1.76 bits per heavy atom. The lowest BCUT2D eigenvalue weighted by atomic mass is 10.1. The van der Waals surface area contributed by atoms with Crippen LogP contribution in [-0.2, 0) is 6.42 Å². The zero-order valence-corrected chi connectivity index (χ0v) is 12.9. The summed E-state index contributed by atoms with van der Waals surface area (Å²) in [6, 6.07) is 13.2. The fourth-order valence-corrected chi connectivity index (χ4v) is 2.23. The quantitative estimate of drug-likeness (QED) is 0.823. The molecular formula is C17H20ClNO2. The van der Waals surface area contributed by atoms with Crippen LogP contribution in [-0.4, -0.2) is 13.2 Å². The van der Waals surface area contributed by atoms with Crippen molar-refractivity contribution in [3.05, 3.63) is 53.1 Å². The molecule has 0 amide bonds. The second kappa shape index (κ2) is 7.91. The summed E-state index contributed by atoms with van der Waals surface area (Å²) in [5, 5.41) is 0.681. The minimum absolute atomic E-state index is 0.532. The molecule has 0 radical (unpaired) electrons. The summed E-state index contributed by atoms with van der Waals surface area (Å²) in [6.45, 7) is 3.33. The minimum Gasteiger partial charge on any atom is -0.494 e. The fraction of sp³-hybridized carbons (Fsp3) is 0.294. The lowest BCUT2D eigenvalue weighted by Crippen LogP contribution is -2.04. The summed E-state index contributed by atoms with van der Waals surface area (Å²) < 4.78 is 11.5. The van der Waals surface area contributed by atoms with E-state index in [-0.39, 0.29) is 0 Å². The van der Waals surface area contributed by atoms with E-state index in [0.717, 1.165) is 35.8 Å². The molecule has 2 aromatic carbocycles. The molecular weight excluding hydrogens is 286 g/mol. The maximum Gasteiger partial charge on any atom is 0.132 e. The monoisotopic (exact) mass is 305 g/mol. The number of benzene rings is 2. The first-order valence-electron chi connectivity index (χ1n) is 7.12. The van der Waals surface area contributed by atoms with Gasteiger partial charge < -0.3 is 15.2 Å². The Bertz CT molecular complexity index is 570. The van der Waals surface area contributed by atoms with Gasteiger partial charge in [0.05, 0.1) is 6.61 Å². The summed E-state index contributed by atoms with van der Waals surface area (Å²) in [7, 11) is 0. The highest BCUT2D eigenvalue weighted by Crippen LogP contribution is 2.31. The Balaban J connectivity index is 2.12. The predicted octanol–water partition coefficient (Wildman–Crippen LogP) is 4.42. The molecule has 0 unspecified atom stereocenters. The highest BCUT2D eigenvalue weighted by atomic mass is 35.5. The molecule has 2 N–H and O–H groups in total. The molecule has 0 aliphatic rings. The average Bonchev–Trinajstić information content (AvgIpc) is 2.50. The van der Waals surface area contributed by atoms with Crippen molar-refractivity contribution in [1.82, 2.24) is 0 Å². The van der Waals surface area contributed by atoms with Crippen molar-refractivity contribution < 1.29 is 9.47 Å². The van der Waals surface area contributed by atoms with Crippen LogP contribution in [0.15, 0.2) is 42.5 Å². The predicted molar refractivity (Wildman–Crippen MR) is 86.5 cm³/mol. The molecule has 0 spiro atoms. The van der Waals surface area contributed by atoms with Crippen molar-refractivity contribution in [2.75, 3.05) is 13.2 Å². The van der Waals surface area contributed by atoms with Crippen molar-refractivity contribution in [3.63, 3.8) is 0 Å². The fourth-order valence-electron chi connectivity index (χ4n) is 1.97. The molecule has 2 rings (SSSR count). The first-order chi connectivity index (χ1) is 10.2. The molecule has 0 aromatic heterocycles. The van der Waals surface area contributed by atoms with Gasteiger partial charge in [-0.05, 0) is 55.8 Å². The lowest BCUT2D eigenvalue weighted by Gasteiger charge is -2.12. The Kier molecular flexibility index (Phi) is 5.90. The Hall–Kier alpha value is -1.71. The second-order valence-electron chi connectivity index (χ2n) is 4.68. The average molecular weight is 306 g/mol. The van der Waals surface area contributed by atoms with Gasteiger partial charge in [0.2, 0.25) is 0 Å². The molecule has 0 aliphatic heterocycles. The van der Waals surface area contributed by atoms with Crippen LogP contribution in [0.2, 0.25) is 5.02 Å². The Morgan fingerprint density at radius 1 is 1.05 bits per heavy atom. The molecule has 3 nitrogen and oxygen atoms in total. The van der Waals surface area contributed by atoms with Crippen LogP contribution in [0.3, 0.4) is 0 Å². The molecule has 4 heteroatoms. The SMILES string of the molecule is CCCOc1ccc(Oc2cccc(Cl)c2CCN)cc1. The third-order valence-electron chi connectivity index (χ3n) is 2.99. The standard InChI is InChI=1S/C17H20ClNO2/c1-2-12-20-13-6-8-14(9-7-13)21-17-5-3-4-16(18)15(17)10-11-19/h3-9H,2,10-12,19H2,1H3. The van der Waals surface area contributed by atoms with E-state index in [1.54, 1.807) is 0 Å². The number of nitrogens with two attached hydrogens (primary N) is 1. The molecule has 0 fully saturated rings. The van der Waals surface area contributed by atoms with E-state index in [1.807, 2.05) is 42.5 Å². The highest BCUT2D eigenvalue weighted by Gasteiger charge is 2.08. The van der Waals surface area contributed by atoms with E-state index in [1.165, 1.54) is 0 Å². The van der Waals surface area contributed by atoms with E-state index in [0.29, 0.717) is 18.0 Å². The first kappa shape index (κ1) is 15.7. The summed E-state index contributed by atoms with van der Waals surface area (Å²) in [4.78, 5) is 0. The number of rotatable bonds is 7. The van der Waals surface area contributed by atoms with E-state index in [9.17, 15) is 0 Å². The van der Waals surface area contributed by atoms with Crippen LogP contribution in [0.25, 0.3) is 0 Å². The number of halogens is 1. The Labute approximate surface area is 130 Å². The maximum atomic E-state index is 6.20. The molecule has 0 saturated carbocycles. The number of ether oxygens (including phenoxy) is 2. The third kappa shape index (κ3) is 4.38. The van der Waals surface area contributed by atoms with Crippen LogP contribution in [0.5, 0.6) is 17.2 Å². The molecule has 21 heavy (non-hydrogen) atoms. The van der Waals surface area contributed by atoms with Crippen LogP contribution >= 0.6 is 11.6 Å². The van der Waals surface area contributed by atoms with Gasteiger partial charge in [-0.25, -0.2) is 0 Å². The Morgan fingerprint density at radius 3 is 2.43 bits per heavy atom. The van der Waals surface area contributed by atoms with E-state index < -0.39 is 0 Å². The first-order valence-corrected chi connectivity index (χ1v) is 7.50. The third-order valence-corrected chi connectivity index (χ3v) is 3.35. The van der Waals surface area contributed by atoms with Crippen LogP contribution in [0.1, 0.15) is 18.9 Å².